The lowest BCUT2D eigenvalue weighted by Gasteiger charge is -2.32. The van der Waals surface area contributed by atoms with Crippen LogP contribution in [0.15, 0.2) is 52.4 Å². The maximum atomic E-state index is 12.7. The Balaban J connectivity index is 1.50. The lowest BCUT2D eigenvalue weighted by atomic mass is 9.93. The summed E-state index contributed by atoms with van der Waals surface area (Å²) in [6, 6.07) is 11.2. The fourth-order valence-corrected chi connectivity index (χ4v) is 3.99. The van der Waals surface area contributed by atoms with Gasteiger partial charge in [0.1, 0.15) is 11.5 Å². The summed E-state index contributed by atoms with van der Waals surface area (Å²) >= 11 is 1.34. The Hall–Kier alpha value is -3.19. The number of aryl methyl sites for hydroxylation is 1. The van der Waals surface area contributed by atoms with Gasteiger partial charge < -0.3 is 14.6 Å². The molecule has 1 unspecified atom stereocenters. The highest BCUT2D eigenvalue weighted by Crippen LogP contribution is 2.33. The number of benzene rings is 1. The minimum absolute atomic E-state index is 0.103. The summed E-state index contributed by atoms with van der Waals surface area (Å²) < 4.78 is 5.57. The van der Waals surface area contributed by atoms with Crippen molar-refractivity contribution in [3.8, 4) is 11.5 Å². The van der Waals surface area contributed by atoms with E-state index in [2.05, 4.69) is 10.3 Å². The van der Waals surface area contributed by atoms with Crippen molar-refractivity contribution in [2.75, 3.05) is 5.32 Å². The van der Waals surface area contributed by atoms with Crippen molar-refractivity contribution in [3.63, 3.8) is 0 Å². The van der Waals surface area contributed by atoms with Crippen molar-refractivity contribution in [3.05, 3.63) is 64.9 Å². The van der Waals surface area contributed by atoms with Crippen molar-refractivity contribution >= 4 is 34.4 Å². The Morgan fingerprint density at radius 1 is 1.25 bits per heavy atom. The van der Waals surface area contributed by atoms with Crippen molar-refractivity contribution in [1.82, 2.24) is 9.88 Å². The van der Waals surface area contributed by atoms with Crippen molar-refractivity contribution < 1.29 is 14.0 Å². The molecule has 7 heteroatoms. The Morgan fingerprint density at radius 3 is 2.82 bits per heavy atom. The van der Waals surface area contributed by atoms with E-state index in [0.29, 0.717) is 16.6 Å². The average molecular weight is 393 g/mol. The van der Waals surface area contributed by atoms with Crippen LogP contribution >= 0.6 is 11.3 Å². The number of amides is 2. The smallest absolute Gasteiger partial charge is 0.228 e. The zero-order valence-corrected chi connectivity index (χ0v) is 16.3. The fourth-order valence-electron chi connectivity index (χ4n) is 3.28. The van der Waals surface area contributed by atoms with Gasteiger partial charge in [0.25, 0.3) is 0 Å². The van der Waals surface area contributed by atoms with Gasteiger partial charge in [0.05, 0.1) is 12.5 Å². The average Bonchev–Trinajstić information content (AvgIpc) is 3.30. The number of fused-ring (bicyclic) bond motifs is 1. The first-order valence-corrected chi connectivity index (χ1v) is 9.77. The van der Waals surface area contributed by atoms with Gasteiger partial charge in [-0.15, -0.1) is 11.3 Å². The number of anilines is 1. The van der Waals surface area contributed by atoms with Gasteiger partial charge in [-0.2, -0.15) is 0 Å². The normalized spacial score (nSPS) is 15.4. The molecule has 1 atom stereocenters. The molecule has 3 heterocycles. The quantitative estimate of drug-likeness (QED) is 0.702. The third kappa shape index (κ3) is 3.61. The van der Waals surface area contributed by atoms with Crippen LogP contribution in [0.3, 0.4) is 0 Å². The molecule has 1 N–H and O–H groups in total. The number of furan rings is 1. The highest BCUT2D eigenvalue weighted by molar-refractivity contribution is 7.14. The molecule has 6 nitrogen and oxygen atoms in total. The van der Waals surface area contributed by atoms with Crippen LogP contribution in [0.5, 0.6) is 0 Å². The minimum atomic E-state index is -0.342. The number of hydrogen-bond acceptors (Lipinski definition) is 5. The molecule has 1 aliphatic rings. The number of carbonyl (C=O) groups is 2. The first-order valence-electron chi connectivity index (χ1n) is 8.89. The summed E-state index contributed by atoms with van der Waals surface area (Å²) in [5.41, 5.74) is 2.66. The van der Waals surface area contributed by atoms with E-state index < -0.39 is 0 Å². The van der Waals surface area contributed by atoms with Gasteiger partial charge in [-0.3, -0.25) is 9.59 Å². The molecular weight excluding hydrogens is 374 g/mol. The molecule has 0 radical (unpaired) electrons. The molecule has 0 spiro atoms. The fraction of sp³-hybridized carbons (Fsp3) is 0.190. The maximum absolute atomic E-state index is 12.7. The van der Waals surface area contributed by atoms with Gasteiger partial charge in [0.15, 0.2) is 10.9 Å². The summed E-state index contributed by atoms with van der Waals surface area (Å²) in [7, 11) is 0. The third-order valence-electron chi connectivity index (χ3n) is 4.59. The van der Waals surface area contributed by atoms with Gasteiger partial charge in [-0.1, -0.05) is 24.3 Å². The monoisotopic (exact) mass is 393 g/mol. The first kappa shape index (κ1) is 18.2. The molecule has 3 aromatic rings. The molecule has 0 saturated carbocycles. The van der Waals surface area contributed by atoms with Crippen LogP contribution in [0.25, 0.3) is 17.5 Å². The first-order chi connectivity index (χ1) is 13.5. The minimum Gasteiger partial charge on any atom is -0.460 e. The van der Waals surface area contributed by atoms with E-state index in [-0.39, 0.29) is 24.3 Å². The van der Waals surface area contributed by atoms with Crippen LogP contribution in [0.1, 0.15) is 36.3 Å². The topological polar surface area (TPSA) is 75.4 Å². The second kappa shape index (κ2) is 7.44. The number of nitrogens with zero attached hydrogens (tertiary/aromatic N) is 2. The van der Waals surface area contributed by atoms with Gasteiger partial charge in [-0.25, -0.2) is 4.98 Å². The van der Waals surface area contributed by atoms with Crippen LogP contribution in [-0.4, -0.2) is 21.7 Å². The molecule has 0 fully saturated rings. The predicted molar refractivity (Wildman–Crippen MR) is 109 cm³/mol. The van der Waals surface area contributed by atoms with E-state index in [9.17, 15) is 9.59 Å². The Bertz CT molecular complexity index is 1070. The standard InChI is InChI=1S/C21H19N3O3S/c1-13-7-8-19(27-13)17-12-28-21(22-17)23-20(26)11-18-16-6-4-3-5-15(16)9-10-24(18)14(2)25/h3-10,12,18H,11H2,1-2H3,(H,22,23,26). The van der Waals surface area contributed by atoms with E-state index in [1.54, 1.807) is 11.1 Å². The zero-order valence-electron chi connectivity index (χ0n) is 15.5. The lowest BCUT2D eigenvalue weighted by Crippen LogP contribution is -2.33. The summed E-state index contributed by atoms with van der Waals surface area (Å²) in [5, 5.41) is 5.19. The van der Waals surface area contributed by atoms with Crippen molar-refractivity contribution in [2.24, 2.45) is 0 Å². The molecule has 0 saturated heterocycles. The van der Waals surface area contributed by atoms with Crippen LogP contribution in [0.4, 0.5) is 5.13 Å². The number of thiazole rings is 1. The van der Waals surface area contributed by atoms with Gasteiger partial charge >= 0.3 is 0 Å². The number of nitrogens with one attached hydrogen (secondary N) is 1. The summed E-state index contributed by atoms with van der Waals surface area (Å²) in [5.74, 6) is 1.18. The molecule has 2 amide bonds. The number of aromatic nitrogens is 1. The molecule has 4 rings (SSSR count). The van der Waals surface area contributed by atoms with Gasteiger partial charge in [0.2, 0.25) is 11.8 Å². The highest BCUT2D eigenvalue weighted by Gasteiger charge is 2.28. The van der Waals surface area contributed by atoms with Gasteiger partial charge in [-0.05, 0) is 36.3 Å². The molecule has 1 aliphatic heterocycles. The van der Waals surface area contributed by atoms with Crippen LogP contribution in [-0.2, 0) is 9.59 Å². The molecule has 0 bridgehead atoms. The predicted octanol–water partition coefficient (Wildman–Crippen LogP) is 4.61. The lowest BCUT2D eigenvalue weighted by molar-refractivity contribution is -0.129. The van der Waals surface area contributed by atoms with E-state index in [1.807, 2.05) is 54.8 Å². The number of rotatable bonds is 4. The Kier molecular flexibility index (Phi) is 4.83. The largest absolute Gasteiger partial charge is 0.460 e. The third-order valence-corrected chi connectivity index (χ3v) is 5.35. The van der Waals surface area contributed by atoms with Crippen LogP contribution in [0.2, 0.25) is 0 Å². The molecule has 0 aliphatic carbocycles. The van der Waals surface area contributed by atoms with Crippen molar-refractivity contribution in [1.29, 1.82) is 0 Å². The van der Waals surface area contributed by atoms with Crippen molar-refractivity contribution in [2.45, 2.75) is 26.3 Å². The van der Waals surface area contributed by atoms with E-state index in [0.717, 1.165) is 16.9 Å². The SMILES string of the molecule is CC(=O)N1C=Cc2ccccc2C1CC(=O)Nc1nc(-c2ccc(C)o2)cs1. The molecule has 1 aromatic carbocycles. The Morgan fingerprint density at radius 2 is 2.07 bits per heavy atom. The van der Waals surface area contributed by atoms with E-state index >= 15 is 0 Å². The summed E-state index contributed by atoms with van der Waals surface area (Å²) in [4.78, 5) is 30.7. The molecular formula is C21H19N3O3S. The highest BCUT2D eigenvalue weighted by atomic mass is 32.1. The van der Waals surface area contributed by atoms with Gasteiger partial charge in [0, 0.05) is 18.5 Å². The van der Waals surface area contributed by atoms with E-state index in [1.165, 1.54) is 18.3 Å². The maximum Gasteiger partial charge on any atom is 0.228 e. The molecule has 28 heavy (non-hydrogen) atoms. The summed E-state index contributed by atoms with van der Waals surface area (Å²) in [6.07, 6.45) is 3.78. The number of hydrogen-bond donors (Lipinski definition) is 1. The van der Waals surface area contributed by atoms with E-state index in [4.69, 9.17) is 4.42 Å². The Labute approximate surface area is 166 Å². The number of carbonyl (C=O) groups excluding carboxylic acids is 2. The van der Waals surface area contributed by atoms with Crippen LogP contribution < -0.4 is 5.32 Å². The second-order valence-corrected chi connectivity index (χ2v) is 7.45. The zero-order chi connectivity index (χ0) is 19.7. The summed E-state index contributed by atoms with van der Waals surface area (Å²) in [6.45, 7) is 3.37. The molecule has 2 aromatic heterocycles. The second-order valence-electron chi connectivity index (χ2n) is 6.59. The molecule has 142 valence electrons. The van der Waals surface area contributed by atoms with Crippen LogP contribution in [0, 0.1) is 6.92 Å².